The van der Waals surface area contributed by atoms with Gasteiger partial charge < -0.3 is 20.5 Å². The van der Waals surface area contributed by atoms with E-state index in [4.69, 9.17) is 4.74 Å². The van der Waals surface area contributed by atoms with Crippen molar-refractivity contribution in [1.29, 1.82) is 0 Å². The lowest BCUT2D eigenvalue weighted by Gasteiger charge is -2.08. The molecule has 1 aromatic rings. The number of rotatable bonds is 6. The third kappa shape index (κ3) is 4.74. The van der Waals surface area contributed by atoms with Crippen LogP contribution in [0.1, 0.15) is 12.5 Å². The zero-order valence-electron chi connectivity index (χ0n) is 10.1. The smallest absolute Gasteiger partial charge is 0.216 e. The molecule has 0 radical (unpaired) electrons. The minimum absolute atomic E-state index is 0.0295. The minimum atomic E-state index is -0.0295. The number of phenols is 1. The summed E-state index contributed by atoms with van der Waals surface area (Å²) < 4.78 is 5.01. The molecule has 0 aliphatic rings. The van der Waals surface area contributed by atoms with Crippen molar-refractivity contribution in [2.24, 2.45) is 0 Å². The molecule has 0 atom stereocenters. The van der Waals surface area contributed by atoms with E-state index < -0.39 is 0 Å². The van der Waals surface area contributed by atoms with Gasteiger partial charge in [0.2, 0.25) is 5.91 Å². The van der Waals surface area contributed by atoms with Gasteiger partial charge in [0.1, 0.15) is 0 Å². The first-order chi connectivity index (χ1) is 8.13. The van der Waals surface area contributed by atoms with Gasteiger partial charge in [-0.25, -0.2) is 0 Å². The van der Waals surface area contributed by atoms with Crippen molar-refractivity contribution in [1.82, 2.24) is 10.6 Å². The molecule has 0 saturated carbocycles. The first-order valence-electron chi connectivity index (χ1n) is 5.44. The number of carbonyl (C=O) groups excluding carboxylic acids is 1. The number of aromatic hydroxyl groups is 1. The van der Waals surface area contributed by atoms with Crippen molar-refractivity contribution >= 4 is 5.91 Å². The molecule has 17 heavy (non-hydrogen) atoms. The molecule has 3 N–H and O–H groups in total. The Labute approximate surface area is 101 Å². The summed E-state index contributed by atoms with van der Waals surface area (Å²) in [7, 11) is 1.52. The summed E-state index contributed by atoms with van der Waals surface area (Å²) in [6.45, 7) is 3.45. The van der Waals surface area contributed by atoms with Crippen LogP contribution < -0.4 is 15.4 Å². The van der Waals surface area contributed by atoms with E-state index in [2.05, 4.69) is 10.6 Å². The quantitative estimate of drug-likeness (QED) is 0.636. The van der Waals surface area contributed by atoms with Gasteiger partial charge in [-0.1, -0.05) is 6.07 Å². The van der Waals surface area contributed by atoms with Crippen LogP contribution in [-0.2, 0) is 11.3 Å². The second kappa shape index (κ2) is 6.75. The van der Waals surface area contributed by atoms with E-state index in [9.17, 15) is 9.90 Å². The number of hydrogen-bond donors (Lipinski definition) is 3. The van der Waals surface area contributed by atoms with Crippen LogP contribution in [0.2, 0.25) is 0 Å². The molecule has 0 saturated heterocycles. The normalized spacial score (nSPS) is 10.0. The Bertz CT molecular complexity index is 380. The minimum Gasteiger partial charge on any atom is -0.504 e. The average molecular weight is 238 g/mol. The highest BCUT2D eigenvalue weighted by Crippen LogP contribution is 2.25. The standard InChI is InChI=1S/C12H18N2O3/c1-9(15)14-6-5-13-8-10-3-4-11(16)12(7-10)17-2/h3-4,7,13,16H,5-6,8H2,1-2H3,(H,14,15). The van der Waals surface area contributed by atoms with E-state index in [1.54, 1.807) is 12.1 Å². The Morgan fingerprint density at radius 2 is 2.18 bits per heavy atom. The van der Waals surface area contributed by atoms with E-state index >= 15 is 0 Å². The predicted octanol–water partition coefficient (Wildman–Crippen LogP) is 0.626. The van der Waals surface area contributed by atoms with Gasteiger partial charge in [-0.3, -0.25) is 4.79 Å². The Morgan fingerprint density at radius 1 is 1.41 bits per heavy atom. The third-order valence-electron chi connectivity index (χ3n) is 2.25. The highest BCUT2D eigenvalue weighted by atomic mass is 16.5. The van der Waals surface area contributed by atoms with E-state index in [-0.39, 0.29) is 11.7 Å². The second-order valence-electron chi connectivity index (χ2n) is 3.67. The fraction of sp³-hybridized carbons (Fsp3) is 0.417. The Balaban J connectivity index is 2.34. The first-order valence-corrected chi connectivity index (χ1v) is 5.44. The third-order valence-corrected chi connectivity index (χ3v) is 2.25. The molecule has 1 amide bonds. The lowest BCUT2D eigenvalue weighted by molar-refractivity contribution is -0.118. The van der Waals surface area contributed by atoms with Crippen LogP contribution in [0, 0.1) is 0 Å². The van der Waals surface area contributed by atoms with Gasteiger partial charge in [-0.2, -0.15) is 0 Å². The highest BCUT2D eigenvalue weighted by Gasteiger charge is 2.02. The Kier molecular flexibility index (Phi) is 5.29. The largest absolute Gasteiger partial charge is 0.504 e. The maximum Gasteiger partial charge on any atom is 0.216 e. The predicted molar refractivity (Wildman–Crippen MR) is 65.0 cm³/mol. The summed E-state index contributed by atoms with van der Waals surface area (Å²) in [5, 5.41) is 15.3. The van der Waals surface area contributed by atoms with Crippen molar-refractivity contribution in [3.05, 3.63) is 23.8 Å². The summed E-state index contributed by atoms with van der Waals surface area (Å²) in [6.07, 6.45) is 0. The molecule has 0 aliphatic carbocycles. The Hall–Kier alpha value is -1.75. The van der Waals surface area contributed by atoms with Gasteiger partial charge in [-0.05, 0) is 17.7 Å². The van der Waals surface area contributed by atoms with Crippen LogP contribution >= 0.6 is 0 Å². The van der Waals surface area contributed by atoms with Gasteiger partial charge in [0.05, 0.1) is 7.11 Å². The van der Waals surface area contributed by atoms with E-state index in [0.29, 0.717) is 25.4 Å². The number of hydrogen-bond acceptors (Lipinski definition) is 4. The lowest BCUT2D eigenvalue weighted by Crippen LogP contribution is -2.29. The molecule has 0 fully saturated rings. The summed E-state index contributed by atoms with van der Waals surface area (Å²) in [5.74, 6) is 0.568. The topological polar surface area (TPSA) is 70.6 Å². The molecule has 0 heterocycles. The molecule has 5 nitrogen and oxygen atoms in total. The molecule has 1 aromatic carbocycles. The second-order valence-corrected chi connectivity index (χ2v) is 3.67. The van der Waals surface area contributed by atoms with Crippen LogP contribution in [-0.4, -0.2) is 31.2 Å². The van der Waals surface area contributed by atoms with Gasteiger partial charge in [0, 0.05) is 26.6 Å². The van der Waals surface area contributed by atoms with Gasteiger partial charge in [0.25, 0.3) is 0 Å². The van der Waals surface area contributed by atoms with E-state index in [0.717, 1.165) is 5.56 Å². The molecule has 0 bridgehead atoms. The van der Waals surface area contributed by atoms with E-state index in [1.807, 2.05) is 6.07 Å². The zero-order chi connectivity index (χ0) is 12.7. The number of amides is 1. The molecule has 0 aromatic heterocycles. The number of phenolic OH excluding ortho intramolecular Hbond substituents is 1. The van der Waals surface area contributed by atoms with E-state index in [1.165, 1.54) is 14.0 Å². The van der Waals surface area contributed by atoms with Crippen LogP contribution in [0.3, 0.4) is 0 Å². The first kappa shape index (κ1) is 13.3. The van der Waals surface area contributed by atoms with Crippen molar-refractivity contribution in [2.75, 3.05) is 20.2 Å². The summed E-state index contributed by atoms with van der Waals surface area (Å²) in [5.41, 5.74) is 1.02. The molecule has 0 aliphatic heterocycles. The summed E-state index contributed by atoms with van der Waals surface area (Å²) in [6, 6.07) is 5.20. The maximum absolute atomic E-state index is 10.6. The number of carbonyl (C=O) groups is 1. The number of ether oxygens (including phenoxy) is 1. The fourth-order valence-electron chi connectivity index (χ4n) is 1.39. The van der Waals surface area contributed by atoms with Crippen molar-refractivity contribution in [3.8, 4) is 11.5 Å². The lowest BCUT2D eigenvalue weighted by atomic mass is 10.2. The van der Waals surface area contributed by atoms with Crippen LogP contribution in [0.15, 0.2) is 18.2 Å². The zero-order valence-corrected chi connectivity index (χ0v) is 10.1. The molecule has 0 unspecified atom stereocenters. The Morgan fingerprint density at radius 3 is 2.82 bits per heavy atom. The van der Waals surface area contributed by atoms with Crippen molar-refractivity contribution in [3.63, 3.8) is 0 Å². The highest BCUT2D eigenvalue weighted by molar-refractivity contribution is 5.72. The van der Waals surface area contributed by atoms with Gasteiger partial charge in [0.15, 0.2) is 11.5 Å². The number of methoxy groups -OCH3 is 1. The molecule has 1 rings (SSSR count). The van der Waals surface area contributed by atoms with Crippen molar-refractivity contribution in [2.45, 2.75) is 13.5 Å². The molecule has 0 spiro atoms. The van der Waals surface area contributed by atoms with Crippen molar-refractivity contribution < 1.29 is 14.6 Å². The molecule has 94 valence electrons. The summed E-state index contributed by atoms with van der Waals surface area (Å²) in [4.78, 5) is 10.6. The van der Waals surface area contributed by atoms with Gasteiger partial charge in [-0.15, -0.1) is 0 Å². The van der Waals surface area contributed by atoms with Crippen LogP contribution in [0.25, 0.3) is 0 Å². The summed E-state index contributed by atoms with van der Waals surface area (Å²) >= 11 is 0. The molecular formula is C12H18N2O3. The fourth-order valence-corrected chi connectivity index (χ4v) is 1.39. The number of nitrogens with one attached hydrogen (secondary N) is 2. The average Bonchev–Trinajstić information content (AvgIpc) is 2.30. The number of benzene rings is 1. The molecular weight excluding hydrogens is 220 g/mol. The van der Waals surface area contributed by atoms with Gasteiger partial charge >= 0.3 is 0 Å². The molecule has 5 heteroatoms. The monoisotopic (exact) mass is 238 g/mol. The van der Waals surface area contributed by atoms with Crippen LogP contribution in [0.4, 0.5) is 0 Å². The maximum atomic E-state index is 10.6. The van der Waals surface area contributed by atoms with Crippen LogP contribution in [0.5, 0.6) is 11.5 Å². The SMILES string of the molecule is COc1cc(CNCCNC(C)=O)ccc1O.